The summed E-state index contributed by atoms with van der Waals surface area (Å²) in [7, 11) is 1.91. The normalized spacial score (nSPS) is 13.5. The Kier molecular flexibility index (Phi) is 2.22. The fourth-order valence-corrected chi connectivity index (χ4v) is 2.75. The number of hydrogen-bond donors (Lipinski definition) is 0. The molecule has 0 radical (unpaired) electrons. The molecule has 6 heteroatoms. The molecule has 3 rings (SSSR count). The van der Waals surface area contributed by atoms with E-state index in [9.17, 15) is 4.39 Å². The molecule has 88 valence electrons. The lowest BCUT2D eigenvalue weighted by molar-refractivity contribution is 0.594. The Morgan fingerprint density at radius 2 is 2.12 bits per heavy atom. The summed E-state index contributed by atoms with van der Waals surface area (Å²) in [5.74, 6) is 1.12. The average Bonchev–Trinajstić information content (AvgIpc) is 2.62. The molecule has 0 saturated heterocycles. The summed E-state index contributed by atoms with van der Waals surface area (Å²) in [5, 5.41) is 4.25. The molecule has 0 aliphatic carbocycles. The molecule has 17 heavy (non-hydrogen) atoms. The molecule has 0 spiro atoms. The van der Waals surface area contributed by atoms with Crippen LogP contribution in [0.1, 0.15) is 11.6 Å². The van der Waals surface area contributed by atoms with Crippen molar-refractivity contribution in [2.75, 3.05) is 11.9 Å². The second kappa shape index (κ2) is 3.53. The van der Waals surface area contributed by atoms with E-state index in [0.717, 1.165) is 16.0 Å². The van der Waals surface area contributed by atoms with Gasteiger partial charge in [0.15, 0.2) is 11.6 Å². The molecule has 1 aromatic carbocycles. The highest BCUT2D eigenvalue weighted by Crippen LogP contribution is 2.37. The number of anilines is 1. The van der Waals surface area contributed by atoms with Gasteiger partial charge in [-0.15, -0.1) is 0 Å². The standard InChI is InChI=1S/C11H10BrFN4/c1-6-14-9-5-16(2)10-7(12)3-4-8(13)11(10)17(9)15-6/h3-4H,5H2,1-2H3. The number of hydrogen-bond acceptors (Lipinski definition) is 3. The van der Waals surface area contributed by atoms with Gasteiger partial charge in [0.05, 0.1) is 12.2 Å². The van der Waals surface area contributed by atoms with Crippen molar-refractivity contribution >= 4 is 21.6 Å². The second-order valence-electron chi connectivity index (χ2n) is 4.07. The van der Waals surface area contributed by atoms with Crippen molar-refractivity contribution in [1.29, 1.82) is 0 Å². The van der Waals surface area contributed by atoms with Crippen molar-refractivity contribution in [3.63, 3.8) is 0 Å². The maximum atomic E-state index is 14.0. The molecule has 0 unspecified atom stereocenters. The van der Waals surface area contributed by atoms with Gasteiger partial charge in [0.25, 0.3) is 0 Å². The number of benzene rings is 1. The molecule has 0 atom stereocenters. The first-order valence-electron chi connectivity index (χ1n) is 5.20. The lowest BCUT2D eigenvalue weighted by atomic mass is 10.2. The van der Waals surface area contributed by atoms with Crippen LogP contribution in [0.4, 0.5) is 10.1 Å². The number of halogens is 2. The minimum absolute atomic E-state index is 0.291. The highest BCUT2D eigenvalue weighted by Gasteiger charge is 2.27. The average molecular weight is 297 g/mol. The molecule has 0 fully saturated rings. The lowest BCUT2D eigenvalue weighted by Crippen LogP contribution is -2.27. The smallest absolute Gasteiger partial charge is 0.152 e. The molecular weight excluding hydrogens is 287 g/mol. The van der Waals surface area contributed by atoms with Crippen LogP contribution in [0.5, 0.6) is 0 Å². The Labute approximate surface area is 106 Å². The molecular formula is C11H10BrFN4. The molecule has 1 aliphatic rings. The van der Waals surface area contributed by atoms with Crippen LogP contribution >= 0.6 is 15.9 Å². The highest BCUT2D eigenvalue weighted by atomic mass is 79.9. The van der Waals surface area contributed by atoms with Crippen LogP contribution in [0.2, 0.25) is 0 Å². The predicted molar refractivity (Wildman–Crippen MR) is 65.9 cm³/mol. The molecule has 0 saturated carbocycles. The predicted octanol–water partition coefficient (Wildman–Crippen LogP) is 2.43. The first-order chi connectivity index (χ1) is 8.08. The van der Waals surface area contributed by atoms with Crippen molar-refractivity contribution < 1.29 is 4.39 Å². The van der Waals surface area contributed by atoms with E-state index in [1.807, 2.05) is 11.9 Å². The number of aryl methyl sites for hydroxylation is 1. The Morgan fingerprint density at radius 3 is 2.88 bits per heavy atom. The Hall–Kier alpha value is -1.43. The number of aromatic nitrogens is 3. The Balaban J connectivity index is 2.37. The van der Waals surface area contributed by atoms with E-state index < -0.39 is 0 Å². The summed E-state index contributed by atoms with van der Waals surface area (Å²) >= 11 is 3.45. The molecule has 2 heterocycles. The molecule has 0 N–H and O–H groups in total. The summed E-state index contributed by atoms with van der Waals surface area (Å²) in [6.45, 7) is 2.43. The highest BCUT2D eigenvalue weighted by molar-refractivity contribution is 9.10. The van der Waals surface area contributed by atoms with Gasteiger partial charge >= 0.3 is 0 Å². The van der Waals surface area contributed by atoms with Crippen molar-refractivity contribution in [3.8, 4) is 5.69 Å². The zero-order valence-electron chi connectivity index (χ0n) is 9.41. The van der Waals surface area contributed by atoms with E-state index in [4.69, 9.17) is 0 Å². The summed E-state index contributed by atoms with van der Waals surface area (Å²) in [6, 6.07) is 3.14. The molecule has 1 aromatic heterocycles. The van der Waals surface area contributed by atoms with Crippen LogP contribution in [-0.4, -0.2) is 21.8 Å². The zero-order chi connectivity index (χ0) is 12.2. The largest absolute Gasteiger partial charge is 0.364 e. The van der Waals surface area contributed by atoms with Crippen LogP contribution in [0, 0.1) is 12.7 Å². The molecule has 0 bridgehead atoms. The monoisotopic (exact) mass is 296 g/mol. The van der Waals surface area contributed by atoms with Crippen molar-refractivity contribution in [1.82, 2.24) is 14.8 Å². The Bertz CT molecular complexity index is 608. The quantitative estimate of drug-likeness (QED) is 0.749. The number of fused-ring (bicyclic) bond motifs is 3. The third-order valence-corrected chi connectivity index (χ3v) is 3.44. The fraction of sp³-hybridized carbons (Fsp3) is 0.273. The van der Waals surface area contributed by atoms with E-state index >= 15 is 0 Å². The van der Waals surface area contributed by atoms with Crippen LogP contribution < -0.4 is 4.90 Å². The molecule has 0 amide bonds. The van der Waals surface area contributed by atoms with Gasteiger partial charge in [0.1, 0.15) is 11.5 Å². The Morgan fingerprint density at radius 1 is 1.35 bits per heavy atom. The zero-order valence-corrected chi connectivity index (χ0v) is 11.0. The van der Waals surface area contributed by atoms with Gasteiger partial charge in [-0.3, -0.25) is 0 Å². The number of rotatable bonds is 0. The van der Waals surface area contributed by atoms with Gasteiger partial charge in [0, 0.05) is 11.5 Å². The van der Waals surface area contributed by atoms with Gasteiger partial charge in [-0.25, -0.2) is 14.1 Å². The first-order valence-corrected chi connectivity index (χ1v) is 5.99. The minimum atomic E-state index is -0.291. The van der Waals surface area contributed by atoms with Crippen LogP contribution in [0.25, 0.3) is 5.69 Å². The third-order valence-electron chi connectivity index (χ3n) is 2.80. The van der Waals surface area contributed by atoms with Crippen molar-refractivity contribution in [2.24, 2.45) is 0 Å². The van der Waals surface area contributed by atoms with E-state index in [-0.39, 0.29) is 5.82 Å². The van der Waals surface area contributed by atoms with Gasteiger partial charge in [-0.1, -0.05) is 0 Å². The first kappa shape index (κ1) is 10.7. The van der Waals surface area contributed by atoms with Gasteiger partial charge in [0.2, 0.25) is 0 Å². The van der Waals surface area contributed by atoms with E-state index in [2.05, 4.69) is 26.0 Å². The van der Waals surface area contributed by atoms with Crippen molar-refractivity contribution in [2.45, 2.75) is 13.5 Å². The molecule has 2 aromatic rings. The van der Waals surface area contributed by atoms with Crippen LogP contribution in [-0.2, 0) is 6.54 Å². The van der Waals surface area contributed by atoms with Gasteiger partial charge in [-0.05, 0) is 35.0 Å². The summed E-state index contributed by atoms with van der Waals surface area (Å²) in [6.07, 6.45) is 0. The molecule has 1 aliphatic heterocycles. The minimum Gasteiger partial charge on any atom is -0.364 e. The number of nitrogens with zero attached hydrogens (tertiary/aromatic N) is 4. The SMILES string of the molecule is Cc1nc2n(n1)-c1c(F)ccc(Br)c1N(C)C2. The van der Waals surface area contributed by atoms with Gasteiger partial charge in [-0.2, -0.15) is 5.10 Å². The van der Waals surface area contributed by atoms with Crippen LogP contribution in [0.3, 0.4) is 0 Å². The second-order valence-corrected chi connectivity index (χ2v) is 4.92. The summed E-state index contributed by atoms with van der Waals surface area (Å²) in [5.41, 5.74) is 1.27. The maximum Gasteiger partial charge on any atom is 0.152 e. The van der Waals surface area contributed by atoms with Crippen molar-refractivity contribution in [3.05, 3.63) is 34.1 Å². The van der Waals surface area contributed by atoms with E-state index in [1.54, 1.807) is 17.7 Å². The lowest BCUT2D eigenvalue weighted by Gasteiger charge is -2.28. The fourth-order valence-electron chi connectivity index (χ4n) is 2.13. The van der Waals surface area contributed by atoms with E-state index in [0.29, 0.717) is 18.1 Å². The molecule has 4 nitrogen and oxygen atoms in total. The van der Waals surface area contributed by atoms with E-state index in [1.165, 1.54) is 6.07 Å². The summed E-state index contributed by atoms with van der Waals surface area (Å²) in [4.78, 5) is 6.26. The van der Waals surface area contributed by atoms with Crippen LogP contribution in [0.15, 0.2) is 16.6 Å². The third kappa shape index (κ3) is 1.47. The topological polar surface area (TPSA) is 34.0 Å². The van der Waals surface area contributed by atoms with Gasteiger partial charge < -0.3 is 4.90 Å². The maximum absolute atomic E-state index is 14.0. The summed E-state index contributed by atoms with van der Waals surface area (Å²) < 4.78 is 16.4.